The second-order valence-electron chi connectivity index (χ2n) is 8.22. The van der Waals surface area contributed by atoms with E-state index in [1.54, 1.807) is 0 Å². The van der Waals surface area contributed by atoms with Crippen molar-refractivity contribution >= 4 is 50.7 Å². The fraction of sp³-hybridized carbons (Fsp3) is 0.333. The van der Waals surface area contributed by atoms with Crippen LogP contribution in [0.4, 0.5) is 5.69 Å². The third kappa shape index (κ3) is 5.03. The van der Waals surface area contributed by atoms with Crippen LogP contribution in [0.5, 0.6) is 17.2 Å². The molecule has 2 amide bonds. The number of anilines is 1. The molecule has 9 nitrogen and oxygen atoms in total. The number of phenolic OH excluding ortho intramolecular Hbond substituents is 1. The van der Waals surface area contributed by atoms with Crippen LogP contribution in [0.25, 0.3) is 0 Å². The quantitative estimate of drug-likeness (QED) is 0.435. The number of fused-ring (bicyclic) bond motifs is 2. The Labute approximate surface area is 200 Å². The van der Waals surface area contributed by atoms with Crippen molar-refractivity contribution in [1.29, 1.82) is 0 Å². The van der Waals surface area contributed by atoms with Crippen molar-refractivity contribution in [3.63, 3.8) is 0 Å². The normalized spacial score (nSPS) is 21.7. The largest absolute Gasteiger partial charge is 0.507 e. The minimum absolute atomic E-state index is 0.00879. The minimum Gasteiger partial charge on any atom is -0.507 e. The van der Waals surface area contributed by atoms with Crippen LogP contribution >= 0.6 is 23.2 Å². The molecule has 3 unspecified atom stereocenters. The van der Waals surface area contributed by atoms with Crippen LogP contribution in [0.15, 0.2) is 35.2 Å². The van der Waals surface area contributed by atoms with E-state index in [-0.39, 0.29) is 38.2 Å². The molecule has 3 atom stereocenters. The predicted molar refractivity (Wildman–Crippen MR) is 122 cm³/mol. The number of benzene rings is 2. The maximum atomic E-state index is 13.0. The molecule has 33 heavy (non-hydrogen) atoms. The molecular weight excluding hydrogens is 493 g/mol. The fourth-order valence-corrected chi connectivity index (χ4v) is 6.46. The molecule has 4 rings (SSSR count). The number of hydrogen-bond donors (Lipinski definition) is 4. The zero-order chi connectivity index (χ0) is 23.9. The molecule has 2 saturated carbocycles. The summed E-state index contributed by atoms with van der Waals surface area (Å²) in [5, 5.41) is 12.4. The van der Waals surface area contributed by atoms with E-state index in [1.807, 2.05) is 0 Å². The number of carbonyl (C=O) groups excluding carboxylic acids is 2. The number of nitrogens with one attached hydrogen (secondary N) is 2. The van der Waals surface area contributed by atoms with Crippen molar-refractivity contribution in [3.05, 3.63) is 40.4 Å². The molecule has 2 aliphatic rings. The molecule has 5 N–H and O–H groups in total. The Morgan fingerprint density at radius 1 is 1.09 bits per heavy atom. The number of sulfonamides is 1. The van der Waals surface area contributed by atoms with Crippen molar-refractivity contribution in [3.8, 4) is 17.2 Å². The summed E-state index contributed by atoms with van der Waals surface area (Å²) in [4.78, 5) is 22.0. The molecule has 2 aromatic rings. The number of halogens is 2. The molecule has 0 saturated heterocycles. The maximum absolute atomic E-state index is 13.0. The smallest absolute Gasteiger partial charge is 0.313 e. The zero-order valence-corrected chi connectivity index (χ0v) is 19.5. The van der Waals surface area contributed by atoms with Gasteiger partial charge in [0.15, 0.2) is 5.75 Å². The highest BCUT2D eigenvalue weighted by Crippen LogP contribution is 2.45. The molecule has 0 spiro atoms. The summed E-state index contributed by atoms with van der Waals surface area (Å²) in [5.41, 5.74) is 5.02. The molecule has 2 bridgehead atoms. The van der Waals surface area contributed by atoms with E-state index in [4.69, 9.17) is 33.7 Å². The van der Waals surface area contributed by atoms with E-state index in [0.29, 0.717) is 11.8 Å². The van der Waals surface area contributed by atoms with E-state index in [2.05, 4.69) is 10.0 Å². The maximum Gasteiger partial charge on any atom is 0.313 e. The number of rotatable bonds is 6. The van der Waals surface area contributed by atoms with Crippen molar-refractivity contribution in [1.82, 2.24) is 4.72 Å². The van der Waals surface area contributed by atoms with Gasteiger partial charge in [0.1, 0.15) is 16.4 Å². The van der Waals surface area contributed by atoms with Gasteiger partial charge >= 0.3 is 11.8 Å². The van der Waals surface area contributed by atoms with Crippen molar-refractivity contribution in [2.24, 2.45) is 17.6 Å². The van der Waals surface area contributed by atoms with Crippen LogP contribution in [-0.2, 0) is 19.6 Å². The highest BCUT2D eigenvalue weighted by Gasteiger charge is 2.41. The van der Waals surface area contributed by atoms with Crippen LogP contribution in [0.2, 0.25) is 10.0 Å². The molecule has 176 valence electrons. The van der Waals surface area contributed by atoms with Crippen molar-refractivity contribution in [2.75, 3.05) is 5.32 Å². The Hall–Kier alpha value is -2.53. The van der Waals surface area contributed by atoms with Gasteiger partial charge in [-0.3, -0.25) is 9.59 Å². The predicted octanol–water partition coefficient (Wildman–Crippen LogP) is 3.38. The average Bonchev–Trinajstić information content (AvgIpc) is 3.34. The highest BCUT2D eigenvalue weighted by molar-refractivity contribution is 7.89. The second-order valence-corrected chi connectivity index (χ2v) is 10.7. The summed E-state index contributed by atoms with van der Waals surface area (Å²) in [7, 11) is -4.00. The van der Waals surface area contributed by atoms with Gasteiger partial charge in [0.2, 0.25) is 10.0 Å². The van der Waals surface area contributed by atoms with Gasteiger partial charge in [0.05, 0.1) is 10.0 Å². The molecule has 0 heterocycles. The van der Waals surface area contributed by atoms with E-state index in [9.17, 15) is 23.1 Å². The third-order valence-corrected chi connectivity index (χ3v) is 8.05. The Kier molecular flexibility index (Phi) is 6.45. The SMILES string of the molecule is NC(=O)C(=O)Nc1cc(Cl)c(Oc2ccc(O)c(S(=O)(=O)NC3CC4CCC3C4)c2)c(Cl)c1. The first kappa shape index (κ1) is 23.6. The Bertz CT molecular complexity index is 1210. The zero-order valence-electron chi connectivity index (χ0n) is 17.2. The molecule has 12 heteroatoms. The third-order valence-electron chi connectivity index (χ3n) is 5.97. The summed E-state index contributed by atoms with van der Waals surface area (Å²) < 4.78 is 34.3. The lowest BCUT2D eigenvalue weighted by atomic mass is 9.96. The summed E-state index contributed by atoms with van der Waals surface area (Å²) >= 11 is 12.4. The van der Waals surface area contributed by atoms with Gasteiger partial charge in [0, 0.05) is 17.8 Å². The lowest BCUT2D eigenvalue weighted by Crippen LogP contribution is -2.38. The van der Waals surface area contributed by atoms with Gasteiger partial charge in [-0.2, -0.15) is 0 Å². The number of phenols is 1. The standard InChI is InChI=1S/C21H21Cl2N3O6S/c22-14-7-12(25-21(29)20(24)28)8-15(23)19(14)32-13-3-4-17(27)18(9-13)33(30,31)26-16-6-10-1-2-11(16)5-10/h3-4,7-11,16,26-27H,1-2,5-6H2,(H2,24,28)(H,25,29). The Morgan fingerprint density at radius 3 is 2.36 bits per heavy atom. The van der Waals surface area contributed by atoms with Gasteiger partial charge < -0.3 is 20.9 Å². The average molecular weight is 514 g/mol. The van der Waals surface area contributed by atoms with Crippen LogP contribution in [0.1, 0.15) is 25.7 Å². The number of hydrogen-bond acceptors (Lipinski definition) is 6. The summed E-state index contributed by atoms with van der Waals surface area (Å²) in [6.07, 6.45) is 3.95. The number of carbonyl (C=O) groups is 2. The van der Waals surface area contributed by atoms with E-state index < -0.39 is 27.6 Å². The molecule has 2 fully saturated rings. The van der Waals surface area contributed by atoms with Crippen LogP contribution < -0.4 is 20.5 Å². The van der Waals surface area contributed by atoms with Gasteiger partial charge in [0.25, 0.3) is 0 Å². The first-order valence-corrected chi connectivity index (χ1v) is 12.4. The van der Waals surface area contributed by atoms with Gasteiger partial charge in [-0.25, -0.2) is 13.1 Å². The minimum atomic E-state index is -4.00. The lowest BCUT2D eigenvalue weighted by Gasteiger charge is -2.23. The van der Waals surface area contributed by atoms with Crippen LogP contribution in [0, 0.1) is 11.8 Å². The molecule has 0 radical (unpaired) electrons. The number of nitrogens with two attached hydrogens (primary N) is 1. The highest BCUT2D eigenvalue weighted by atomic mass is 35.5. The molecule has 0 aromatic heterocycles. The molecule has 2 aliphatic carbocycles. The Balaban J connectivity index is 1.55. The van der Waals surface area contributed by atoms with E-state index in [1.165, 1.54) is 30.3 Å². The van der Waals surface area contributed by atoms with E-state index >= 15 is 0 Å². The first-order valence-electron chi connectivity index (χ1n) is 10.2. The number of primary amides is 1. The number of ether oxygens (including phenoxy) is 1. The lowest BCUT2D eigenvalue weighted by molar-refractivity contribution is -0.134. The molecular formula is C21H21Cl2N3O6S. The number of amides is 2. The summed E-state index contributed by atoms with van der Waals surface area (Å²) in [6, 6.07) is 6.18. The monoisotopic (exact) mass is 513 g/mol. The summed E-state index contributed by atoms with van der Waals surface area (Å²) in [5.74, 6) is -1.72. The summed E-state index contributed by atoms with van der Waals surface area (Å²) in [6.45, 7) is 0. The second kappa shape index (κ2) is 9.02. The Morgan fingerprint density at radius 2 is 1.79 bits per heavy atom. The fourth-order valence-electron chi connectivity index (χ4n) is 4.47. The van der Waals surface area contributed by atoms with E-state index in [0.717, 1.165) is 25.7 Å². The van der Waals surface area contributed by atoms with Gasteiger partial charge in [-0.1, -0.05) is 29.6 Å². The molecule has 2 aromatic carbocycles. The van der Waals surface area contributed by atoms with Crippen LogP contribution in [-0.4, -0.2) is 31.4 Å². The molecule has 0 aliphatic heterocycles. The van der Waals surface area contributed by atoms with Crippen LogP contribution in [0.3, 0.4) is 0 Å². The van der Waals surface area contributed by atoms with Gasteiger partial charge in [-0.15, -0.1) is 0 Å². The van der Waals surface area contributed by atoms with Crippen molar-refractivity contribution in [2.45, 2.75) is 36.6 Å². The number of aromatic hydroxyl groups is 1. The van der Waals surface area contributed by atoms with Gasteiger partial charge in [-0.05, 0) is 55.4 Å². The van der Waals surface area contributed by atoms with Crippen molar-refractivity contribution < 1.29 is 27.9 Å². The first-order chi connectivity index (χ1) is 15.5. The topological polar surface area (TPSA) is 148 Å².